The number of carbonyl (C=O) groups is 1. The highest BCUT2D eigenvalue weighted by molar-refractivity contribution is 7.80. The number of nitrogens with one attached hydrogen (secondary N) is 2. The Morgan fingerprint density at radius 1 is 1.36 bits per heavy atom. The van der Waals surface area contributed by atoms with Crippen LogP contribution in [0.1, 0.15) is 25.3 Å². The molecule has 0 amide bonds. The minimum Gasteiger partial charge on any atom is -0.504 e. The Balaban J connectivity index is 2.29. The van der Waals surface area contributed by atoms with Crippen molar-refractivity contribution in [1.29, 1.82) is 0 Å². The first kappa shape index (κ1) is 18.0. The smallest absolute Gasteiger partial charge is 0.325 e. The molecular weight excluding hydrogens is 304 g/mol. The lowest BCUT2D eigenvalue weighted by molar-refractivity contribution is -0.142. The molecule has 0 unspecified atom stereocenters. The number of unbranched alkanes of at least 4 members (excludes halogenated alkanes) is 1. The molecule has 0 aliphatic rings. The quantitative estimate of drug-likeness (QED) is 0.381. The van der Waals surface area contributed by atoms with E-state index < -0.39 is 0 Å². The first-order chi connectivity index (χ1) is 10.6. The second-order valence-corrected chi connectivity index (χ2v) is 5.02. The summed E-state index contributed by atoms with van der Waals surface area (Å²) in [5.74, 6) is 0.156. The number of hydrogen-bond acceptors (Lipinski definition) is 5. The molecule has 0 fully saturated rings. The van der Waals surface area contributed by atoms with E-state index in [9.17, 15) is 9.90 Å². The fourth-order valence-electron chi connectivity index (χ4n) is 1.61. The third kappa shape index (κ3) is 6.62. The van der Waals surface area contributed by atoms with Crippen LogP contribution in [-0.2, 0) is 16.1 Å². The second-order valence-electron chi connectivity index (χ2n) is 4.62. The van der Waals surface area contributed by atoms with Crippen molar-refractivity contribution >= 4 is 23.3 Å². The molecule has 0 aliphatic carbocycles. The molecule has 0 aromatic heterocycles. The Morgan fingerprint density at radius 2 is 2.14 bits per heavy atom. The van der Waals surface area contributed by atoms with Crippen molar-refractivity contribution in [3.63, 3.8) is 0 Å². The van der Waals surface area contributed by atoms with E-state index >= 15 is 0 Å². The van der Waals surface area contributed by atoms with Crippen LogP contribution in [-0.4, -0.2) is 36.4 Å². The molecule has 0 radical (unpaired) electrons. The van der Waals surface area contributed by atoms with E-state index in [0.717, 1.165) is 18.4 Å². The number of ether oxygens (including phenoxy) is 2. The summed E-state index contributed by atoms with van der Waals surface area (Å²) >= 11 is 5.08. The third-order valence-electron chi connectivity index (χ3n) is 2.85. The Labute approximate surface area is 135 Å². The zero-order chi connectivity index (χ0) is 16.4. The Morgan fingerprint density at radius 3 is 2.82 bits per heavy atom. The van der Waals surface area contributed by atoms with Crippen molar-refractivity contribution in [1.82, 2.24) is 10.6 Å². The lowest BCUT2D eigenvalue weighted by Crippen LogP contribution is -2.38. The van der Waals surface area contributed by atoms with Crippen molar-refractivity contribution in [2.45, 2.75) is 26.3 Å². The average Bonchev–Trinajstić information content (AvgIpc) is 2.52. The molecule has 22 heavy (non-hydrogen) atoms. The van der Waals surface area contributed by atoms with Gasteiger partial charge in [-0.2, -0.15) is 0 Å². The van der Waals surface area contributed by atoms with E-state index in [2.05, 4.69) is 10.6 Å². The van der Waals surface area contributed by atoms with Gasteiger partial charge in [0.15, 0.2) is 16.6 Å². The number of rotatable bonds is 8. The van der Waals surface area contributed by atoms with E-state index in [1.54, 1.807) is 18.2 Å². The SMILES string of the molecule is CCCCOC(=O)CNC(=S)NCc1ccc(O)c(OC)c1. The van der Waals surface area contributed by atoms with Gasteiger partial charge in [-0.15, -0.1) is 0 Å². The van der Waals surface area contributed by atoms with Crippen LogP contribution < -0.4 is 15.4 Å². The third-order valence-corrected chi connectivity index (χ3v) is 3.14. The van der Waals surface area contributed by atoms with Crippen LogP contribution in [0.2, 0.25) is 0 Å². The first-order valence-electron chi connectivity index (χ1n) is 7.10. The van der Waals surface area contributed by atoms with Crippen molar-refractivity contribution in [3.05, 3.63) is 23.8 Å². The number of benzene rings is 1. The number of phenols is 1. The van der Waals surface area contributed by atoms with Gasteiger partial charge in [0.2, 0.25) is 0 Å². The molecule has 6 nitrogen and oxygen atoms in total. The van der Waals surface area contributed by atoms with Crippen molar-refractivity contribution < 1.29 is 19.4 Å². The highest BCUT2D eigenvalue weighted by Gasteiger charge is 2.05. The number of carbonyl (C=O) groups excluding carboxylic acids is 1. The zero-order valence-electron chi connectivity index (χ0n) is 12.8. The molecule has 3 N–H and O–H groups in total. The maximum atomic E-state index is 11.4. The van der Waals surface area contributed by atoms with Gasteiger partial charge in [-0.1, -0.05) is 19.4 Å². The number of thiocarbonyl (C=S) groups is 1. The Kier molecular flexibility index (Phi) is 8.06. The number of phenolic OH excluding ortho intramolecular Hbond substituents is 1. The molecular formula is C15H22N2O4S. The molecule has 0 spiro atoms. The number of hydrogen-bond donors (Lipinski definition) is 3. The topological polar surface area (TPSA) is 79.8 Å². The normalized spacial score (nSPS) is 9.91. The lowest BCUT2D eigenvalue weighted by Gasteiger charge is -2.11. The van der Waals surface area contributed by atoms with E-state index in [1.165, 1.54) is 7.11 Å². The maximum absolute atomic E-state index is 11.4. The molecule has 0 atom stereocenters. The van der Waals surface area contributed by atoms with Gasteiger partial charge in [-0.3, -0.25) is 4.79 Å². The minimum absolute atomic E-state index is 0.0362. The van der Waals surface area contributed by atoms with E-state index in [1.807, 2.05) is 6.92 Å². The van der Waals surface area contributed by atoms with Crippen LogP contribution in [0.3, 0.4) is 0 Å². The predicted octanol–water partition coefficient (Wildman–Crippen LogP) is 1.71. The highest BCUT2D eigenvalue weighted by atomic mass is 32.1. The van der Waals surface area contributed by atoms with Crippen molar-refractivity contribution in [2.75, 3.05) is 20.3 Å². The van der Waals surface area contributed by atoms with Crippen LogP contribution in [0.15, 0.2) is 18.2 Å². The van der Waals surface area contributed by atoms with Crippen LogP contribution >= 0.6 is 12.2 Å². The molecule has 1 aromatic rings. The summed E-state index contributed by atoms with van der Waals surface area (Å²) in [5.41, 5.74) is 0.893. The standard InChI is InChI=1S/C15H22N2O4S/c1-3-4-7-21-14(19)10-17-15(22)16-9-11-5-6-12(18)13(8-11)20-2/h5-6,8,18H,3-4,7,9-10H2,1-2H3,(H2,16,17,22). The number of methoxy groups -OCH3 is 1. The summed E-state index contributed by atoms with van der Waals surface area (Å²) in [5, 5.41) is 15.6. The largest absolute Gasteiger partial charge is 0.504 e. The van der Waals surface area contributed by atoms with Crippen LogP contribution in [0.5, 0.6) is 11.5 Å². The van der Waals surface area contributed by atoms with Crippen molar-refractivity contribution in [3.8, 4) is 11.5 Å². The van der Waals surface area contributed by atoms with Gasteiger partial charge in [0, 0.05) is 6.54 Å². The van der Waals surface area contributed by atoms with Gasteiger partial charge in [0.1, 0.15) is 6.54 Å². The lowest BCUT2D eigenvalue weighted by atomic mass is 10.2. The van der Waals surface area contributed by atoms with Gasteiger partial charge in [0.05, 0.1) is 13.7 Å². The summed E-state index contributed by atoms with van der Waals surface area (Å²) in [6.07, 6.45) is 1.84. The number of esters is 1. The predicted molar refractivity (Wildman–Crippen MR) is 88.0 cm³/mol. The second kappa shape index (κ2) is 9.83. The molecule has 0 heterocycles. The van der Waals surface area contributed by atoms with Gasteiger partial charge in [-0.25, -0.2) is 0 Å². The van der Waals surface area contributed by atoms with Crippen molar-refractivity contribution in [2.24, 2.45) is 0 Å². The zero-order valence-corrected chi connectivity index (χ0v) is 13.7. The van der Waals surface area contributed by atoms with Gasteiger partial charge < -0.3 is 25.2 Å². The molecule has 1 aromatic carbocycles. The van der Waals surface area contributed by atoms with Gasteiger partial charge >= 0.3 is 5.97 Å². The molecule has 0 saturated heterocycles. The summed E-state index contributed by atoms with van der Waals surface area (Å²) in [6, 6.07) is 5.02. The van der Waals surface area contributed by atoms with Crippen LogP contribution in [0.4, 0.5) is 0 Å². The molecule has 122 valence electrons. The van der Waals surface area contributed by atoms with Gasteiger partial charge in [-0.05, 0) is 36.3 Å². The molecule has 1 rings (SSSR count). The fraction of sp³-hybridized carbons (Fsp3) is 0.467. The summed E-state index contributed by atoms with van der Waals surface area (Å²) in [4.78, 5) is 11.4. The van der Waals surface area contributed by atoms with Crippen LogP contribution in [0, 0.1) is 0 Å². The van der Waals surface area contributed by atoms with E-state index in [4.69, 9.17) is 21.7 Å². The number of aromatic hydroxyl groups is 1. The van der Waals surface area contributed by atoms with Gasteiger partial charge in [0.25, 0.3) is 0 Å². The monoisotopic (exact) mass is 326 g/mol. The maximum Gasteiger partial charge on any atom is 0.325 e. The van der Waals surface area contributed by atoms with Crippen LogP contribution in [0.25, 0.3) is 0 Å². The summed E-state index contributed by atoms with van der Waals surface area (Å²) in [7, 11) is 1.49. The molecule has 0 aliphatic heterocycles. The molecule has 7 heteroatoms. The molecule has 0 saturated carbocycles. The van der Waals surface area contributed by atoms with E-state index in [-0.39, 0.29) is 18.3 Å². The average molecular weight is 326 g/mol. The summed E-state index contributed by atoms with van der Waals surface area (Å²) < 4.78 is 10.0. The van der Waals surface area contributed by atoms with E-state index in [0.29, 0.717) is 24.0 Å². The minimum atomic E-state index is -0.330. The first-order valence-corrected chi connectivity index (χ1v) is 7.50. The molecule has 0 bridgehead atoms. The highest BCUT2D eigenvalue weighted by Crippen LogP contribution is 2.25. The fourth-order valence-corrected chi connectivity index (χ4v) is 1.75. The summed E-state index contributed by atoms with van der Waals surface area (Å²) in [6.45, 7) is 2.95. The Bertz CT molecular complexity index is 508. The Hall–Kier alpha value is -2.02.